The molecule has 0 saturated carbocycles. The van der Waals surface area contributed by atoms with Crippen LogP contribution < -0.4 is 20.1 Å². The van der Waals surface area contributed by atoms with Gasteiger partial charge in [0.15, 0.2) is 0 Å². The summed E-state index contributed by atoms with van der Waals surface area (Å²) in [6.07, 6.45) is 1.65. The van der Waals surface area contributed by atoms with Crippen LogP contribution in [-0.4, -0.2) is 48.5 Å². The highest BCUT2D eigenvalue weighted by Gasteiger charge is 2.38. The minimum absolute atomic E-state index is 0.0195. The van der Waals surface area contributed by atoms with Crippen LogP contribution in [-0.2, 0) is 4.79 Å². The Bertz CT molecular complexity index is 614. The molecular weight excluding hydrogens is 344 g/mol. The molecule has 27 heavy (non-hydrogen) atoms. The summed E-state index contributed by atoms with van der Waals surface area (Å²) >= 11 is 0. The van der Waals surface area contributed by atoms with E-state index >= 15 is 0 Å². The number of aliphatic hydroxyl groups excluding tert-OH is 1. The molecule has 1 heterocycles. The lowest BCUT2D eigenvalue weighted by Gasteiger charge is -2.46. The topological polar surface area (TPSA) is 79.8 Å². The molecule has 0 spiro atoms. The Kier molecular flexibility index (Phi) is 7.12. The second kappa shape index (κ2) is 8.93. The van der Waals surface area contributed by atoms with E-state index in [-0.39, 0.29) is 30.1 Å². The minimum Gasteiger partial charge on any atom is -0.497 e. The number of amides is 1. The highest BCUT2D eigenvalue weighted by molar-refractivity contribution is 5.76. The van der Waals surface area contributed by atoms with Crippen molar-refractivity contribution in [1.29, 1.82) is 0 Å². The summed E-state index contributed by atoms with van der Waals surface area (Å²) in [5.41, 5.74) is 0.0492. The van der Waals surface area contributed by atoms with Crippen LogP contribution in [0, 0.1) is 5.92 Å². The van der Waals surface area contributed by atoms with Gasteiger partial charge in [0.2, 0.25) is 5.91 Å². The lowest BCUT2D eigenvalue weighted by Crippen LogP contribution is -2.58. The van der Waals surface area contributed by atoms with Crippen LogP contribution in [0.1, 0.15) is 47.0 Å². The molecule has 1 aliphatic rings. The normalized spacial score (nSPS) is 19.9. The first-order valence-electron chi connectivity index (χ1n) is 9.59. The van der Waals surface area contributed by atoms with E-state index in [9.17, 15) is 9.90 Å². The fourth-order valence-electron chi connectivity index (χ4n) is 4.19. The third kappa shape index (κ3) is 7.39. The van der Waals surface area contributed by atoms with Crippen molar-refractivity contribution in [3.05, 3.63) is 24.3 Å². The van der Waals surface area contributed by atoms with Gasteiger partial charge in [0.1, 0.15) is 24.2 Å². The van der Waals surface area contributed by atoms with E-state index in [2.05, 4.69) is 38.3 Å². The van der Waals surface area contributed by atoms with Gasteiger partial charge in [0.25, 0.3) is 0 Å². The van der Waals surface area contributed by atoms with E-state index < -0.39 is 6.10 Å². The summed E-state index contributed by atoms with van der Waals surface area (Å²) in [5.74, 6) is 1.64. The van der Waals surface area contributed by atoms with Gasteiger partial charge in [-0.3, -0.25) is 4.79 Å². The maximum Gasteiger partial charge on any atom is 0.220 e. The number of rotatable bonds is 8. The van der Waals surface area contributed by atoms with Gasteiger partial charge >= 0.3 is 0 Å². The number of piperidine rings is 1. The SMILES string of the molecule is COc1cccc(OC[C@H](O)CNC(=O)CC2CC(C)(C)NC(C)(C)C2)c1. The average molecular weight is 379 g/mol. The summed E-state index contributed by atoms with van der Waals surface area (Å²) in [7, 11) is 1.59. The monoisotopic (exact) mass is 378 g/mol. The van der Waals surface area contributed by atoms with Gasteiger partial charge in [-0.2, -0.15) is 0 Å². The van der Waals surface area contributed by atoms with Gasteiger partial charge in [-0.1, -0.05) is 6.07 Å². The van der Waals surface area contributed by atoms with Gasteiger partial charge in [-0.05, 0) is 58.6 Å². The molecule has 1 amide bonds. The highest BCUT2D eigenvalue weighted by atomic mass is 16.5. The summed E-state index contributed by atoms with van der Waals surface area (Å²) in [6, 6.07) is 7.21. The molecule has 6 nitrogen and oxygen atoms in total. The van der Waals surface area contributed by atoms with Crippen LogP contribution >= 0.6 is 0 Å². The molecule has 1 fully saturated rings. The Labute approximate surface area is 162 Å². The molecule has 1 aliphatic heterocycles. The Morgan fingerprint density at radius 1 is 1.26 bits per heavy atom. The first-order valence-corrected chi connectivity index (χ1v) is 9.59. The van der Waals surface area contributed by atoms with Crippen molar-refractivity contribution in [1.82, 2.24) is 10.6 Å². The maximum atomic E-state index is 12.3. The van der Waals surface area contributed by atoms with E-state index in [4.69, 9.17) is 9.47 Å². The molecule has 1 saturated heterocycles. The third-order valence-electron chi connectivity index (χ3n) is 4.77. The van der Waals surface area contributed by atoms with Crippen LogP contribution in [0.4, 0.5) is 0 Å². The number of benzene rings is 1. The predicted molar refractivity (Wildman–Crippen MR) is 106 cm³/mol. The maximum absolute atomic E-state index is 12.3. The molecule has 0 unspecified atom stereocenters. The van der Waals surface area contributed by atoms with Crippen molar-refractivity contribution in [2.24, 2.45) is 5.92 Å². The molecule has 1 atom stereocenters. The van der Waals surface area contributed by atoms with Crippen molar-refractivity contribution in [2.75, 3.05) is 20.3 Å². The van der Waals surface area contributed by atoms with E-state index in [1.165, 1.54) is 0 Å². The zero-order chi connectivity index (χ0) is 20.1. The summed E-state index contributed by atoms with van der Waals surface area (Å²) < 4.78 is 10.7. The fourth-order valence-corrected chi connectivity index (χ4v) is 4.19. The summed E-state index contributed by atoms with van der Waals surface area (Å²) in [6.45, 7) is 9.01. The van der Waals surface area contributed by atoms with E-state index in [0.717, 1.165) is 12.8 Å². The Morgan fingerprint density at radius 3 is 2.52 bits per heavy atom. The first-order chi connectivity index (χ1) is 12.6. The van der Waals surface area contributed by atoms with Gasteiger partial charge < -0.3 is 25.2 Å². The predicted octanol–water partition coefficient (Wildman–Crippen LogP) is 2.50. The van der Waals surface area contributed by atoms with Gasteiger partial charge in [-0.15, -0.1) is 0 Å². The van der Waals surface area contributed by atoms with Crippen molar-refractivity contribution in [2.45, 2.75) is 64.1 Å². The van der Waals surface area contributed by atoms with E-state index in [0.29, 0.717) is 23.8 Å². The highest BCUT2D eigenvalue weighted by Crippen LogP contribution is 2.34. The second-order valence-electron chi connectivity index (χ2n) is 8.82. The van der Waals surface area contributed by atoms with E-state index in [1.807, 2.05) is 12.1 Å². The number of aliphatic hydroxyl groups is 1. The summed E-state index contributed by atoms with van der Waals surface area (Å²) in [4.78, 5) is 12.3. The molecule has 3 N–H and O–H groups in total. The van der Waals surface area contributed by atoms with Crippen LogP contribution in [0.3, 0.4) is 0 Å². The smallest absolute Gasteiger partial charge is 0.220 e. The first kappa shape index (κ1) is 21.5. The van der Waals surface area contributed by atoms with Gasteiger partial charge in [0.05, 0.1) is 7.11 Å². The van der Waals surface area contributed by atoms with Gasteiger partial charge in [0, 0.05) is 30.1 Å². The Balaban J connectivity index is 1.73. The van der Waals surface area contributed by atoms with Crippen molar-refractivity contribution in [3.63, 3.8) is 0 Å². The van der Waals surface area contributed by atoms with Crippen LogP contribution in [0.15, 0.2) is 24.3 Å². The molecule has 1 aromatic carbocycles. The average Bonchev–Trinajstić information content (AvgIpc) is 2.55. The molecule has 1 aromatic rings. The molecule has 6 heteroatoms. The fraction of sp³-hybridized carbons (Fsp3) is 0.667. The second-order valence-corrected chi connectivity index (χ2v) is 8.82. The number of carbonyl (C=O) groups excluding carboxylic acids is 1. The van der Waals surface area contributed by atoms with Gasteiger partial charge in [-0.25, -0.2) is 0 Å². The summed E-state index contributed by atoms with van der Waals surface area (Å²) in [5, 5.41) is 16.5. The number of carbonyl (C=O) groups is 1. The largest absolute Gasteiger partial charge is 0.497 e. The molecule has 0 aromatic heterocycles. The third-order valence-corrected chi connectivity index (χ3v) is 4.77. The van der Waals surface area contributed by atoms with Crippen LogP contribution in [0.25, 0.3) is 0 Å². The van der Waals surface area contributed by atoms with Crippen molar-refractivity contribution >= 4 is 5.91 Å². The minimum atomic E-state index is -0.763. The zero-order valence-corrected chi connectivity index (χ0v) is 17.2. The van der Waals surface area contributed by atoms with Crippen molar-refractivity contribution < 1.29 is 19.4 Å². The number of nitrogens with one attached hydrogen (secondary N) is 2. The van der Waals surface area contributed by atoms with Crippen LogP contribution in [0.2, 0.25) is 0 Å². The molecular formula is C21H34N2O4. The molecule has 0 radical (unpaired) electrons. The standard InChI is InChI=1S/C21H34N2O4/c1-20(2)11-15(12-21(3,4)23-20)9-19(25)22-13-16(24)14-27-18-8-6-7-17(10-18)26-5/h6-8,10,15-16,23-24H,9,11-14H2,1-5H3,(H,22,25)/t16-/m1/s1. The number of ether oxygens (including phenoxy) is 2. The molecule has 2 rings (SSSR count). The molecule has 0 aliphatic carbocycles. The molecule has 152 valence electrons. The Hall–Kier alpha value is -1.79. The lowest BCUT2D eigenvalue weighted by atomic mass is 9.74. The number of methoxy groups -OCH3 is 1. The zero-order valence-electron chi connectivity index (χ0n) is 17.2. The van der Waals surface area contributed by atoms with Crippen molar-refractivity contribution in [3.8, 4) is 11.5 Å². The van der Waals surface area contributed by atoms with Crippen LogP contribution in [0.5, 0.6) is 11.5 Å². The number of hydrogen-bond donors (Lipinski definition) is 3. The lowest BCUT2D eigenvalue weighted by molar-refractivity contribution is -0.123. The quantitative estimate of drug-likeness (QED) is 0.648. The number of hydrogen-bond acceptors (Lipinski definition) is 5. The Morgan fingerprint density at radius 2 is 1.89 bits per heavy atom. The van der Waals surface area contributed by atoms with E-state index in [1.54, 1.807) is 19.2 Å². The molecule has 0 bridgehead atoms.